The second kappa shape index (κ2) is 5.60. The highest BCUT2D eigenvalue weighted by atomic mass is 35.5. The van der Waals surface area contributed by atoms with Gasteiger partial charge in [-0.2, -0.15) is 4.31 Å². The molecule has 2 aromatic heterocycles. The normalized spacial score (nSPS) is 12.1. The molecule has 2 heterocycles. The Kier molecular flexibility index (Phi) is 4.18. The minimum absolute atomic E-state index is 0.263. The number of nitrogens with two attached hydrogens (primary N) is 2. The van der Waals surface area contributed by atoms with E-state index in [0.29, 0.717) is 9.27 Å². The van der Waals surface area contributed by atoms with Gasteiger partial charge in [0.2, 0.25) is 11.8 Å². The zero-order chi connectivity index (χ0) is 15.8. The molecule has 0 aliphatic carbocycles. The van der Waals surface area contributed by atoms with E-state index in [0.717, 1.165) is 0 Å². The predicted molar refractivity (Wildman–Crippen MR) is 75.2 cm³/mol. The van der Waals surface area contributed by atoms with Gasteiger partial charge in [0.05, 0.1) is 13.1 Å². The molecule has 12 heteroatoms. The molecule has 0 saturated carbocycles. The Morgan fingerprint density at radius 1 is 1.33 bits per heavy atom. The number of carbonyl (C=O) groups excluding carboxylic acids is 2. The molecule has 0 spiro atoms. The number of carbonyl (C=O) groups is 2. The Morgan fingerprint density at radius 2 is 1.90 bits per heavy atom. The zero-order valence-corrected chi connectivity index (χ0v) is 12.8. The van der Waals surface area contributed by atoms with Crippen molar-refractivity contribution in [2.75, 3.05) is 13.1 Å². The number of fused-ring (bicyclic) bond motifs is 1. The Labute approximate surface area is 128 Å². The van der Waals surface area contributed by atoms with E-state index in [1.165, 1.54) is 21.9 Å². The fourth-order valence-corrected chi connectivity index (χ4v) is 4.44. The van der Waals surface area contributed by atoms with Gasteiger partial charge < -0.3 is 11.5 Å². The third-order valence-corrected chi connectivity index (χ3v) is 5.38. The lowest BCUT2D eigenvalue weighted by molar-refractivity contribution is -0.120. The molecule has 114 valence electrons. The third-order valence-electron chi connectivity index (χ3n) is 2.43. The Bertz CT molecular complexity index is 795. The van der Waals surface area contributed by atoms with Gasteiger partial charge in [-0.15, -0.1) is 11.3 Å². The van der Waals surface area contributed by atoms with Crippen LogP contribution in [0.5, 0.6) is 0 Å². The van der Waals surface area contributed by atoms with Gasteiger partial charge in [0.15, 0.2) is 15.1 Å². The van der Waals surface area contributed by atoms with Crippen LogP contribution in [0.25, 0.3) is 4.96 Å². The first kappa shape index (κ1) is 15.7. The number of rotatable bonds is 6. The lowest BCUT2D eigenvalue weighted by Gasteiger charge is -2.18. The summed E-state index contributed by atoms with van der Waals surface area (Å²) in [5, 5.41) is 1.01. The van der Waals surface area contributed by atoms with Crippen molar-refractivity contribution in [1.29, 1.82) is 0 Å². The van der Waals surface area contributed by atoms with Gasteiger partial charge in [-0.25, -0.2) is 13.4 Å². The summed E-state index contributed by atoms with van der Waals surface area (Å²) in [5.41, 5.74) is 10.00. The van der Waals surface area contributed by atoms with E-state index in [9.17, 15) is 18.0 Å². The number of imidazole rings is 1. The van der Waals surface area contributed by atoms with Crippen LogP contribution in [0, 0.1) is 0 Å². The smallest absolute Gasteiger partial charge is 0.263 e. The standard InChI is InChI=1S/C9H10ClN5O4S2/c10-7-8(15-1-2-20-9(15)13-7)21(18,19)14(3-5(11)16)4-6(12)17/h1-2H,3-4H2,(H2,11,16)(H2,12,17). The summed E-state index contributed by atoms with van der Waals surface area (Å²) in [5.74, 6) is -1.86. The van der Waals surface area contributed by atoms with E-state index >= 15 is 0 Å². The van der Waals surface area contributed by atoms with E-state index in [1.807, 2.05) is 0 Å². The summed E-state index contributed by atoms with van der Waals surface area (Å²) in [4.78, 5) is 26.3. The highest BCUT2D eigenvalue weighted by molar-refractivity contribution is 7.89. The molecule has 0 aliphatic rings. The van der Waals surface area contributed by atoms with Crippen LogP contribution >= 0.6 is 22.9 Å². The fraction of sp³-hybridized carbons (Fsp3) is 0.222. The van der Waals surface area contributed by atoms with Gasteiger partial charge in [-0.1, -0.05) is 11.6 Å². The van der Waals surface area contributed by atoms with Crippen molar-refractivity contribution in [2.24, 2.45) is 11.5 Å². The summed E-state index contributed by atoms with van der Waals surface area (Å²) >= 11 is 7.03. The van der Waals surface area contributed by atoms with Crippen molar-refractivity contribution in [1.82, 2.24) is 13.7 Å². The molecule has 0 aliphatic heterocycles. The highest BCUT2D eigenvalue weighted by Crippen LogP contribution is 2.27. The molecule has 0 atom stereocenters. The first-order valence-corrected chi connectivity index (χ1v) is 8.11. The van der Waals surface area contributed by atoms with Crippen LogP contribution < -0.4 is 11.5 Å². The Hall–Kier alpha value is -1.69. The molecule has 9 nitrogen and oxygen atoms in total. The first-order chi connectivity index (χ1) is 9.73. The van der Waals surface area contributed by atoms with Gasteiger partial charge in [-0.3, -0.25) is 14.0 Å². The van der Waals surface area contributed by atoms with E-state index in [4.69, 9.17) is 23.1 Å². The number of halogens is 1. The summed E-state index contributed by atoms with van der Waals surface area (Å²) in [6, 6.07) is 0. The van der Waals surface area contributed by atoms with Crippen LogP contribution in [0.4, 0.5) is 0 Å². The molecule has 0 unspecified atom stereocenters. The second-order valence-corrected chi connectivity index (χ2v) is 7.05. The average Bonchev–Trinajstić information content (AvgIpc) is 2.85. The summed E-state index contributed by atoms with van der Waals surface area (Å²) in [6.07, 6.45) is 1.46. The van der Waals surface area contributed by atoms with Crippen LogP contribution in [0.1, 0.15) is 0 Å². The molecular formula is C9H10ClN5O4S2. The molecule has 2 amide bonds. The topological polar surface area (TPSA) is 141 Å². The third kappa shape index (κ3) is 3.00. The van der Waals surface area contributed by atoms with Gasteiger partial charge in [0.1, 0.15) is 0 Å². The number of amides is 2. The van der Waals surface area contributed by atoms with Gasteiger partial charge in [0.25, 0.3) is 10.0 Å². The van der Waals surface area contributed by atoms with Crippen molar-refractivity contribution in [3.05, 3.63) is 16.7 Å². The van der Waals surface area contributed by atoms with Gasteiger partial charge >= 0.3 is 0 Å². The highest BCUT2D eigenvalue weighted by Gasteiger charge is 2.33. The zero-order valence-electron chi connectivity index (χ0n) is 10.4. The van der Waals surface area contributed by atoms with Crippen LogP contribution in [-0.2, 0) is 19.6 Å². The number of hydrogen-bond acceptors (Lipinski definition) is 6. The van der Waals surface area contributed by atoms with Gasteiger partial charge in [0, 0.05) is 11.6 Å². The lowest BCUT2D eigenvalue weighted by atomic mass is 10.5. The maximum absolute atomic E-state index is 12.6. The molecule has 21 heavy (non-hydrogen) atoms. The number of primary amides is 2. The lowest BCUT2D eigenvalue weighted by Crippen LogP contribution is -2.43. The van der Waals surface area contributed by atoms with Gasteiger partial charge in [-0.05, 0) is 0 Å². The van der Waals surface area contributed by atoms with Crippen molar-refractivity contribution in [3.8, 4) is 0 Å². The molecule has 0 radical (unpaired) electrons. The Morgan fingerprint density at radius 3 is 2.43 bits per heavy atom. The molecular weight excluding hydrogens is 342 g/mol. The van der Waals surface area contributed by atoms with Crippen LogP contribution in [0.3, 0.4) is 0 Å². The fourth-order valence-electron chi connectivity index (χ4n) is 1.67. The first-order valence-electron chi connectivity index (χ1n) is 5.41. The minimum atomic E-state index is -4.27. The summed E-state index contributed by atoms with van der Waals surface area (Å²) in [7, 11) is -4.27. The number of sulfonamides is 1. The molecule has 2 aromatic rings. The summed E-state index contributed by atoms with van der Waals surface area (Å²) in [6.45, 7) is -1.39. The quantitative estimate of drug-likeness (QED) is 0.687. The average molecular weight is 352 g/mol. The van der Waals surface area contributed by atoms with Crippen LogP contribution in [0.2, 0.25) is 5.15 Å². The van der Waals surface area contributed by atoms with E-state index in [-0.39, 0.29) is 10.2 Å². The maximum atomic E-state index is 12.6. The number of aromatic nitrogens is 2. The Balaban J connectivity index is 2.56. The van der Waals surface area contributed by atoms with Crippen molar-refractivity contribution < 1.29 is 18.0 Å². The molecule has 0 aromatic carbocycles. The minimum Gasteiger partial charge on any atom is -0.369 e. The monoisotopic (exact) mass is 351 g/mol. The van der Waals surface area contributed by atoms with Crippen molar-refractivity contribution >= 4 is 49.7 Å². The van der Waals surface area contributed by atoms with Crippen LogP contribution in [-0.4, -0.2) is 47.0 Å². The van der Waals surface area contributed by atoms with E-state index in [2.05, 4.69) is 4.98 Å². The largest absolute Gasteiger partial charge is 0.369 e. The predicted octanol–water partition coefficient (Wildman–Crippen LogP) is -0.989. The van der Waals surface area contributed by atoms with Crippen LogP contribution in [0.15, 0.2) is 16.6 Å². The molecule has 0 fully saturated rings. The van der Waals surface area contributed by atoms with E-state index < -0.39 is 34.9 Å². The number of thiazole rings is 1. The van der Waals surface area contributed by atoms with Crippen molar-refractivity contribution in [2.45, 2.75) is 5.03 Å². The molecule has 4 N–H and O–H groups in total. The molecule has 0 saturated heterocycles. The second-order valence-electron chi connectivity index (χ2n) is 3.97. The molecule has 2 rings (SSSR count). The molecule has 0 bridgehead atoms. The van der Waals surface area contributed by atoms with E-state index in [1.54, 1.807) is 5.38 Å². The summed E-state index contributed by atoms with van der Waals surface area (Å²) < 4.78 is 26.9. The number of hydrogen-bond donors (Lipinski definition) is 2. The number of nitrogens with zero attached hydrogens (tertiary/aromatic N) is 3. The van der Waals surface area contributed by atoms with Crippen molar-refractivity contribution in [3.63, 3.8) is 0 Å². The SMILES string of the molecule is NC(=O)CN(CC(N)=O)S(=O)(=O)c1c(Cl)nc2sccn12. The maximum Gasteiger partial charge on any atom is 0.263 e.